The minimum atomic E-state index is 0.0903. The predicted molar refractivity (Wildman–Crippen MR) is 63.5 cm³/mol. The molecule has 1 amide bonds. The van der Waals surface area contributed by atoms with Gasteiger partial charge in [0, 0.05) is 12.5 Å². The van der Waals surface area contributed by atoms with Crippen LogP contribution < -0.4 is 5.32 Å². The third kappa shape index (κ3) is 8.02. The summed E-state index contributed by atoms with van der Waals surface area (Å²) in [6.45, 7) is 8.24. The van der Waals surface area contributed by atoms with Gasteiger partial charge >= 0.3 is 0 Å². The second kappa shape index (κ2) is 8.31. The van der Waals surface area contributed by atoms with E-state index in [1.165, 1.54) is 0 Å². The number of terminal acetylenes is 1. The van der Waals surface area contributed by atoms with Crippen LogP contribution in [-0.2, 0) is 4.79 Å². The van der Waals surface area contributed by atoms with Gasteiger partial charge in [0.05, 0.1) is 6.54 Å². The van der Waals surface area contributed by atoms with Gasteiger partial charge in [0.2, 0.25) is 5.91 Å². The lowest BCUT2D eigenvalue weighted by Crippen LogP contribution is -2.40. The standard InChI is InChI=1S/C12H22N2O/c1-5-7-8-9-14(6-2)10-12(15)13-11(3)4/h1,11H,6-10H2,2-4H3,(H,13,15). The van der Waals surface area contributed by atoms with E-state index in [0.29, 0.717) is 6.54 Å². The summed E-state index contributed by atoms with van der Waals surface area (Å²) in [6.07, 6.45) is 6.91. The van der Waals surface area contributed by atoms with Gasteiger partial charge in [0.15, 0.2) is 0 Å². The summed E-state index contributed by atoms with van der Waals surface area (Å²) in [7, 11) is 0. The molecule has 0 aliphatic rings. The highest BCUT2D eigenvalue weighted by atomic mass is 16.2. The number of amides is 1. The fraction of sp³-hybridized carbons (Fsp3) is 0.750. The Kier molecular flexibility index (Phi) is 7.75. The fourth-order valence-corrected chi connectivity index (χ4v) is 1.32. The van der Waals surface area contributed by atoms with Crippen molar-refractivity contribution in [2.24, 2.45) is 0 Å². The second-order valence-corrected chi connectivity index (χ2v) is 3.90. The Hall–Kier alpha value is -1.01. The molecule has 0 heterocycles. The highest BCUT2D eigenvalue weighted by Crippen LogP contribution is 1.94. The first-order valence-electron chi connectivity index (χ1n) is 5.55. The zero-order chi connectivity index (χ0) is 11.7. The third-order valence-electron chi connectivity index (χ3n) is 2.06. The van der Waals surface area contributed by atoms with E-state index < -0.39 is 0 Å². The Labute approximate surface area is 93.2 Å². The van der Waals surface area contributed by atoms with Crippen LogP contribution in [0.3, 0.4) is 0 Å². The predicted octanol–water partition coefficient (Wildman–Crippen LogP) is 1.25. The van der Waals surface area contributed by atoms with Crippen molar-refractivity contribution in [1.82, 2.24) is 10.2 Å². The van der Waals surface area contributed by atoms with Crippen LogP contribution in [0.2, 0.25) is 0 Å². The summed E-state index contributed by atoms with van der Waals surface area (Å²) in [5, 5.41) is 2.88. The zero-order valence-electron chi connectivity index (χ0n) is 10.0. The Morgan fingerprint density at radius 3 is 2.67 bits per heavy atom. The van der Waals surface area contributed by atoms with Crippen LogP contribution in [0.4, 0.5) is 0 Å². The largest absolute Gasteiger partial charge is 0.353 e. The molecule has 86 valence electrons. The summed E-state index contributed by atoms with van der Waals surface area (Å²) in [6, 6.07) is 0.210. The normalized spacial score (nSPS) is 10.4. The number of hydrogen-bond acceptors (Lipinski definition) is 2. The molecule has 0 atom stereocenters. The molecule has 0 saturated carbocycles. The lowest BCUT2D eigenvalue weighted by molar-refractivity contribution is -0.122. The maximum atomic E-state index is 11.5. The number of nitrogens with zero attached hydrogens (tertiary/aromatic N) is 1. The Morgan fingerprint density at radius 2 is 2.20 bits per heavy atom. The number of unbranched alkanes of at least 4 members (excludes halogenated alkanes) is 1. The van der Waals surface area contributed by atoms with Crippen LogP contribution in [0, 0.1) is 12.3 Å². The van der Waals surface area contributed by atoms with E-state index in [-0.39, 0.29) is 11.9 Å². The van der Waals surface area contributed by atoms with Crippen LogP contribution in [0.25, 0.3) is 0 Å². The Morgan fingerprint density at radius 1 is 1.53 bits per heavy atom. The summed E-state index contributed by atoms with van der Waals surface area (Å²) >= 11 is 0. The van der Waals surface area contributed by atoms with E-state index in [9.17, 15) is 4.79 Å². The SMILES string of the molecule is C#CCCCN(CC)CC(=O)NC(C)C. The molecule has 0 rings (SSSR count). The highest BCUT2D eigenvalue weighted by molar-refractivity contribution is 5.78. The molecule has 0 saturated heterocycles. The van der Waals surface area contributed by atoms with Gasteiger partial charge in [0.25, 0.3) is 0 Å². The molecule has 15 heavy (non-hydrogen) atoms. The van der Waals surface area contributed by atoms with E-state index in [1.54, 1.807) is 0 Å². The van der Waals surface area contributed by atoms with Crippen LogP contribution in [0.5, 0.6) is 0 Å². The molecular weight excluding hydrogens is 188 g/mol. The molecule has 0 aliphatic carbocycles. The van der Waals surface area contributed by atoms with Crippen molar-refractivity contribution in [2.45, 2.75) is 39.7 Å². The average molecular weight is 210 g/mol. The van der Waals surface area contributed by atoms with Crippen molar-refractivity contribution >= 4 is 5.91 Å². The van der Waals surface area contributed by atoms with E-state index in [4.69, 9.17) is 6.42 Å². The lowest BCUT2D eigenvalue weighted by Gasteiger charge is -2.20. The van der Waals surface area contributed by atoms with E-state index in [0.717, 1.165) is 25.9 Å². The maximum absolute atomic E-state index is 11.5. The van der Waals surface area contributed by atoms with Crippen molar-refractivity contribution in [2.75, 3.05) is 19.6 Å². The van der Waals surface area contributed by atoms with Crippen LogP contribution >= 0.6 is 0 Å². The second-order valence-electron chi connectivity index (χ2n) is 3.90. The average Bonchev–Trinajstić information content (AvgIpc) is 2.15. The molecule has 1 N–H and O–H groups in total. The van der Waals surface area contributed by atoms with Gasteiger partial charge in [-0.2, -0.15) is 0 Å². The van der Waals surface area contributed by atoms with Gasteiger partial charge in [-0.3, -0.25) is 9.69 Å². The van der Waals surface area contributed by atoms with Crippen molar-refractivity contribution in [3.63, 3.8) is 0 Å². The summed E-state index contributed by atoms with van der Waals surface area (Å²) < 4.78 is 0. The van der Waals surface area contributed by atoms with Crippen LogP contribution in [0.15, 0.2) is 0 Å². The molecule has 0 aromatic carbocycles. The summed E-state index contributed by atoms with van der Waals surface area (Å²) in [4.78, 5) is 13.6. The molecule has 0 aliphatic heterocycles. The first kappa shape index (κ1) is 14.0. The number of carbonyl (C=O) groups is 1. The number of hydrogen-bond donors (Lipinski definition) is 1. The first-order chi connectivity index (χ1) is 7.10. The van der Waals surface area contributed by atoms with E-state index >= 15 is 0 Å². The smallest absolute Gasteiger partial charge is 0.234 e. The van der Waals surface area contributed by atoms with Gasteiger partial charge in [-0.25, -0.2) is 0 Å². The van der Waals surface area contributed by atoms with Gasteiger partial charge in [-0.1, -0.05) is 6.92 Å². The number of nitrogens with one attached hydrogen (secondary N) is 1. The van der Waals surface area contributed by atoms with Crippen LogP contribution in [0.1, 0.15) is 33.6 Å². The quantitative estimate of drug-likeness (QED) is 0.506. The summed E-state index contributed by atoms with van der Waals surface area (Å²) in [5.74, 6) is 2.70. The number of rotatable bonds is 7. The van der Waals surface area contributed by atoms with E-state index in [2.05, 4.69) is 23.1 Å². The fourth-order valence-electron chi connectivity index (χ4n) is 1.32. The minimum absolute atomic E-state index is 0.0903. The van der Waals surface area contributed by atoms with Gasteiger partial charge < -0.3 is 5.32 Å². The molecule has 0 aromatic heterocycles. The van der Waals surface area contributed by atoms with Gasteiger partial charge in [0.1, 0.15) is 0 Å². The number of likely N-dealkylation sites (N-methyl/N-ethyl adjacent to an activating group) is 1. The highest BCUT2D eigenvalue weighted by Gasteiger charge is 2.08. The molecule has 0 fully saturated rings. The van der Waals surface area contributed by atoms with Crippen molar-refractivity contribution in [3.05, 3.63) is 0 Å². The molecule has 3 heteroatoms. The van der Waals surface area contributed by atoms with Gasteiger partial charge in [-0.15, -0.1) is 12.3 Å². The third-order valence-corrected chi connectivity index (χ3v) is 2.06. The minimum Gasteiger partial charge on any atom is -0.353 e. The number of carbonyl (C=O) groups excluding carboxylic acids is 1. The maximum Gasteiger partial charge on any atom is 0.234 e. The molecule has 3 nitrogen and oxygen atoms in total. The summed E-state index contributed by atoms with van der Waals surface area (Å²) in [5.41, 5.74) is 0. The first-order valence-corrected chi connectivity index (χ1v) is 5.55. The van der Waals surface area contributed by atoms with Crippen molar-refractivity contribution in [3.8, 4) is 12.3 Å². The molecule has 0 bridgehead atoms. The van der Waals surface area contributed by atoms with Crippen LogP contribution in [-0.4, -0.2) is 36.5 Å². The Bertz CT molecular complexity index is 218. The molecule has 0 aromatic rings. The molecule has 0 unspecified atom stereocenters. The molecule has 0 spiro atoms. The van der Waals surface area contributed by atoms with Crippen molar-refractivity contribution in [1.29, 1.82) is 0 Å². The topological polar surface area (TPSA) is 32.3 Å². The monoisotopic (exact) mass is 210 g/mol. The zero-order valence-corrected chi connectivity index (χ0v) is 10.0. The van der Waals surface area contributed by atoms with Crippen molar-refractivity contribution < 1.29 is 4.79 Å². The Balaban J connectivity index is 3.78. The molecule has 0 radical (unpaired) electrons. The van der Waals surface area contributed by atoms with Gasteiger partial charge in [-0.05, 0) is 33.4 Å². The van der Waals surface area contributed by atoms with E-state index in [1.807, 2.05) is 13.8 Å². The molecular formula is C12H22N2O. The lowest BCUT2D eigenvalue weighted by atomic mass is 10.3.